The minimum atomic E-state index is -0.464. The Morgan fingerprint density at radius 2 is 1.92 bits per heavy atom. The number of hydrogen-bond acceptors (Lipinski definition) is 5. The van der Waals surface area contributed by atoms with E-state index in [1.54, 1.807) is 13.8 Å². The van der Waals surface area contributed by atoms with E-state index in [9.17, 15) is 10.1 Å². The molecule has 1 aromatic carbocycles. The normalized spacial score (nSPS) is 10.1. The van der Waals surface area contributed by atoms with Crippen molar-refractivity contribution in [3.05, 3.63) is 64.2 Å². The van der Waals surface area contributed by atoms with Crippen molar-refractivity contribution in [3.8, 4) is 0 Å². The first-order valence-electron chi connectivity index (χ1n) is 7.74. The summed E-state index contributed by atoms with van der Waals surface area (Å²) in [5.74, 6) is 0.447. The fourth-order valence-electron chi connectivity index (χ4n) is 2.28. The Labute approximate surface area is 140 Å². The van der Waals surface area contributed by atoms with E-state index in [1.165, 1.54) is 10.1 Å². The van der Waals surface area contributed by atoms with Crippen molar-refractivity contribution in [2.45, 2.75) is 27.2 Å². The Kier molecular flexibility index (Phi) is 5.83. The van der Waals surface area contributed by atoms with Crippen LogP contribution in [-0.2, 0) is 6.42 Å². The molecule has 24 heavy (non-hydrogen) atoms. The van der Waals surface area contributed by atoms with Gasteiger partial charge >= 0.3 is 5.82 Å². The maximum Gasteiger partial charge on any atom is 0.385 e. The Bertz CT molecular complexity index is 764. The van der Waals surface area contributed by atoms with Gasteiger partial charge in [0.2, 0.25) is 5.82 Å². The molecule has 0 aliphatic heterocycles. The van der Waals surface area contributed by atoms with E-state index in [4.69, 9.17) is 4.84 Å². The van der Waals surface area contributed by atoms with Crippen LogP contribution in [0.15, 0.2) is 42.6 Å². The zero-order valence-corrected chi connectivity index (χ0v) is 14.0. The van der Waals surface area contributed by atoms with Crippen LogP contribution >= 0.6 is 0 Å². The van der Waals surface area contributed by atoms with Crippen LogP contribution in [0.25, 0.3) is 10.9 Å². The molecule has 2 heterocycles. The molecule has 0 atom stereocenters. The van der Waals surface area contributed by atoms with E-state index < -0.39 is 4.92 Å². The van der Waals surface area contributed by atoms with E-state index in [2.05, 4.69) is 22.1 Å². The average molecular weight is 328 g/mol. The highest BCUT2D eigenvalue weighted by molar-refractivity contribution is 5.77. The van der Waals surface area contributed by atoms with Gasteiger partial charge in [0.15, 0.2) is 0 Å². The van der Waals surface area contributed by atoms with Gasteiger partial charge in [-0.05, 0) is 35.1 Å². The van der Waals surface area contributed by atoms with Crippen molar-refractivity contribution in [1.29, 1.82) is 0 Å². The summed E-state index contributed by atoms with van der Waals surface area (Å²) in [5.41, 5.74) is 1.52. The van der Waals surface area contributed by atoms with E-state index in [-0.39, 0.29) is 5.82 Å². The molecule has 0 aliphatic rings. The van der Waals surface area contributed by atoms with Crippen LogP contribution < -0.4 is 4.84 Å². The van der Waals surface area contributed by atoms with Crippen molar-refractivity contribution in [3.63, 3.8) is 0 Å². The summed E-state index contributed by atoms with van der Waals surface area (Å²) in [6.45, 7) is 5.66. The van der Waals surface area contributed by atoms with E-state index in [1.807, 2.05) is 37.4 Å². The number of aryl methyl sites for hydroxylation is 2. The molecule has 3 aromatic rings. The van der Waals surface area contributed by atoms with Gasteiger partial charge in [-0.15, -0.1) is 0 Å². The second kappa shape index (κ2) is 8.05. The summed E-state index contributed by atoms with van der Waals surface area (Å²) in [5, 5.41) is 12.0. The molecular weight excluding hydrogens is 308 g/mol. The molecule has 0 saturated carbocycles. The lowest BCUT2D eigenvalue weighted by Crippen LogP contribution is -2.15. The third-order valence-electron chi connectivity index (χ3n) is 3.32. The van der Waals surface area contributed by atoms with Crippen molar-refractivity contribution in [1.82, 2.24) is 14.7 Å². The van der Waals surface area contributed by atoms with Gasteiger partial charge in [-0.3, -0.25) is 4.98 Å². The van der Waals surface area contributed by atoms with Gasteiger partial charge in [0, 0.05) is 18.5 Å². The van der Waals surface area contributed by atoms with Gasteiger partial charge in [-0.2, -0.15) is 0 Å². The van der Waals surface area contributed by atoms with Gasteiger partial charge in [0.1, 0.15) is 12.3 Å². The second-order valence-electron chi connectivity index (χ2n) is 4.95. The zero-order chi connectivity index (χ0) is 17.5. The molecule has 3 rings (SSSR count). The summed E-state index contributed by atoms with van der Waals surface area (Å²) in [4.78, 5) is 23.7. The molecule has 0 amide bonds. The van der Waals surface area contributed by atoms with Gasteiger partial charge in [-0.1, -0.05) is 31.2 Å². The summed E-state index contributed by atoms with van der Waals surface area (Å²) in [6.07, 6.45) is 2.33. The SMILES string of the molecule is CCOn1c(C)nc(CC)c1[N+](=O)[O-].c1ccc2ncccc2c1. The molecule has 0 radical (unpaired) electrons. The van der Waals surface area contributed by atoms with E-state index in [0.717, 1.165) is 5.52 Å². The molecule has 0 N–H and O–H groups in total. The third kappa shape index (κ3) is 3.87. The van der Waals surface area contributed by atoms with E-state index in [0.29, 0.717) is 24.5 Å². The Hall–Kier alpha value is -2.96. The topological polar surface area (TPSA) is 83.1 Å². The fourth-order valence-corrected chi connectivity index (χ4v) is 2.28. The number of pyridine rings is 1. The monoisotopic (exact) mass is 328 g/mol. The first-order valence-corrected chi connectivity index (χ1v) is 7.74. The Morgan fingerprint density at radius 3 is 2.54 bits per heavy atom. The van der Waals surface area contributed by atoms with Crippen LogP contribution in [0, 0.1) is 17.0 Å². The number of imidazole rings is 1. The zero-order valence-electron chi connectivity index (χ0n) is 14.0. The Morgan fingerprint density at radius 1 is 1.21 bits per heavy atom. The standard InChI is InChI=1S/C9H7N.C8H13N3O3/c1-2-6-9-8(4-1)5-3-7-10-9;1-4-7-8(11(12)13)10(14-5-2)6(3)9-7/h1-7H;4-5H2,1-3H3. The lowest BCUT2D eigenvalue weighted by molar-refractivity contribution is -0.397. The summed E-state index contributed by atoms with van der Waals surface area (Å²) >= 11 is 0. The third-order valence-corrected chi connectivity index (χ3v) is 3.32. The van der Waals surface area contributed by atoms with Gasteiger partial charge < -0.3 is 15.0 Å². The van der Waals surface area contributed by atoms with Crippen LogP contribution in [0.4, 0.5) is 5.82 Å². The van der Waals surface area contributed by atoms with Gasteiger partial charge in [0.25, 0.3) is 0 Å². The maximum atomic E-state index is 10.8. The molecule has 0 saturated heterocycles. The number of hydrogen-bond donors (Lipinski definition) is 0. The van der Waals surface area contributed by atoms with Crippen LogP contribution in [-0.4, -0.2) is 26.2 Å². The fraction of sp³-hybridized carbons (Fsp3) is 0.294. The number of para-hydroxylation sites is 1. The average Bonchev–Trinajstić information content (AvgIpc) is 2.92. The first kappa shape index (κ1) is 17.4. The van der Waals surface area contributed by atoms with Crippen molar-refractivity contribution in [2.75, 3.05) is 6.61 Å². The molecular formula is C17H20N4O3. The van der Waals surface area contributed by atoms with Gasteiger partial charge in [0.05, 0.1) is 5.52 Å². The molecule has 0 bridgehead atoms. The highest BCUT2D eigenvalue weighted by Crippen LogP contribution is 2.19. The molecule has 0 unspecified atom stereocenters. The largest absolute Gasteiger partial charge is 0.385 e. The number of fused-ring (bicyclic) bond motifs is 1. The number of nitrogens with zero attached hydrogens (tertiary/aromatic N) is 4. The number of benzene rings is 1. The molecule has 0 spiro atoms. The molecule has 2 aromatic heterocycles. The summed E-state index contributed by atoms with van der Waals surface area (Å²) < 4.78 is 1.18. The molecule has 0 aliphatic carbocycles. The lowest BCUT2D eigenvalue weighted by atomic mass is 10.2. The van der Waals surface area contributed by atoms with Crippen LogP contribution in [0.1, 0.15) is 25.4 Å². The predicted molar refractivity (Wildman–Crippen MR) is 91.9 cm³/mol. The molecule has 0 fully saturated rings. The molecule has 126 valence electrons. The van der Waals surface area contributed by atoms with Crippen LogP contribution in [0.5, 0.6) is 0 Å². The van der Waals surface area contributed by atoms with Gasteiger partial charge in [-0.25, -0.2) is 4.98 Å². The first-order chi connectivity index (χ1) is 11.6. The highest BCUT2D eigenvalue weighted by Gasteiger charge is 2.25. The highest BCUT2D eigenvalue weighted by atomic mass is 16.7. The predicted octanol–water partition coefficient (Wildman–Crippen LogP) is 3.35. The van der Waals surface area contributed by atoms with Crippen molar-refractivity contribution >= 4 is 16.7 Å². The molecule has 7 heteroatoms. The summed E-state index contributed by atoms with van der Waals surface area (Å²) in [7, 11) is 0. The maximum absolute atomic E-state index is 10.8. The number of nitro groups is 1. The minimum absolute atomic E-state index is 0.0631. The van der Waals surface area contributed by atoms with Crippen molar-refractivity contribution in [2.24, 2.45) is 0 Å². The van der Waals surface area contributed by atoms with Crippen molar-refractivity contribution < 1.29 is 9.76 Å². The minimum Gasteiger partial charge on any atom is -0.358 e. The number of rotatable bonds is 4. The Balaban J connectivity index is 0.000000182. The van der Waals surface area contributed by atoms with E-state index >= 15 is 0 Å². The van der Waals surface area contributed by atoms with Crippen LogP contribution in [0.2, 0.25) is 0 Å². The molecule has 7 nitrogen and oxygen atoms in total. The quantitative estimate of drug-likeness (QED) is 0.542. The number of aromatic nitrogens is 3. The van der Waals surface area contributed by atoms with Crippen LogP contribution in [0.3, 0.4) is 0 Å². The lowest BCUT2D eigenvalue weighted by Gasteiger charge is -2.00. The second-order valence-corrected chi connectivity index (χ2v) is 4.95. The smallest absolute Gasteiger partial charge is 0.358 e. The summed E-state index contributed by atoms with van der Waals surface area (Å²) in [6, 6.07) is 12.1.